The Morgan fingerprint density at radius 3 is 2.85 bits per heavy atom. The fourth-order valence-electron chi connectivity index (χ4n) is 2.34. The molecule has 3 aromatic rings. The van der Waals surface area contributed by atoms with Gasteiger partial charge in [-0.25, -0.2) is 4.98 Å². The van der Waals surface area contributed by atoms with E-state index in [-0.39, 0.29) is 0 Å². The van der Waals surface area contributed by atoms with E-state index in [1.807, 2.05) is 18.2 Å². The summed E-state index contributed by atoms with van der Waals surface area (Å²) >= 11 is 3.63. The molecule has 0 aliphatic carbocycles. The van der Waals surface area contributed by atoms with E-state index in [1.165, 1.54) is 11.3 Å². The van der Waals surface area contributed by atoms with Crippen LogP contribution in [0, 0.1) is 13.8 Å². The topological polar surface area (TPSA) is 29.3 Å². The van der Waals surface area contributed by atoms with Gasteiger partial charge in [-0.2, -0.15) is 0 Å². The van der Waals surface area contributed by atoms with Crippen LogP contribution in [0.3, 0.4) is 0 Å². The number of benzene rings is 1. The quantitative estimate of drug-likeness (QED) is 0.775. The van der Waals surface area contributed by atoms with E-state index in [2.05, 4.69) is 68.9 Å². The summed E-state index contributed by atoms with van der Waals surface area (Å²) in [7, 11) is 0. The van der Waals surface area contributed by atoms with E-state index in [0.717, 1.165) is 28.0 Å². The molecule has 0 bridgehead atoms. The number of hydrogen-bond donors (Lipinski definition) is 1. The van der Waals surface area contributed by atoms with Gasteiger partial charge in [-0.3, -0.25) is 0 Å². The number of fused-ring (bicyclic) bond motifs is 1. The van der Waals surface area contributed by atoms with Gasteiger partial charge in [0.2, 0.25) is 0 Å². The molecule has 1 N–H and O–H groups in total. The van der Waals surface area contributed by atoms with E-state index >= 15 is 0 Å². The van der Waals surface area contributed by atoms with Crippen LogP contribution in [0.25, 0.3) is 5.65 Å². The van der Waals surface area contributed by atoms with Gasteiger partial charge >= 0.3 is 0 Å². The van der Waals surface area contributed by atoms with Crippen LogP contribution < -0.4 is 5.32 Å². The van der Waals surface area contributed by atoms with E-state index in [9.17, 15) is 0 Å². The molecule has 0 unspecified atom stereocenters. The first-order chi connectivity index (χ1) is 9.66. The first kappa shape index (κ1) is 13.2. The summed E-state index contributed by atoms with van der Waals surface area (Å²) in [5.41, 5.74) is 5.58. The zero-order valence-corrected chi connectivity index (χ0v) is 13.1. The lowest BCUT2D eigenvalue weighted by Gasteiger charge is -2.10. The van der Waals surface area contributed by atoms with E-state index in [4.69, 9.17) is 0 Å². The average Bonchev–Trinajstić information content (AvgIpc) is 2.76. The molecule has 4 heteroatoms. The number of aromatic nitrogens is 2. The number of halogens is 1. The normalized spacial score (nSPS) is 10.9. The molecule has 0 saturated heterocycles. The number of pyridine rings is 1. The Labute approximate surface area is 126 Å². The lowest BCUT2D eigenvalue weighted by atomic mass is 10.2. The molecule has 2 heterocycles. The fraction of sp³-hybridized carbons (Fsp3) is 0.188. The van der Waals surface area contributed by atoms with E-state index in [0.29, 0.717) is 0 Å². The highest BCUT2D eigenvalue weighted by Gasteiger charge is 2.09. The number of hydrogen-bond acceptors (Lipinski definition) is 2. The molecular formula is C16H16BrN3. The molecule has 0 atom stereocenters. The summed E-state index contributed by atoms with van der Waals surface area (Å²) in [5, 5.41) is 3.48. The van der Waals surface area contributed by atoms with Crippen molar-refractivity contribution in [2.24, 2.45) is 0 Å². The molecule has 1 aromatic carbocycles. The number of rotatable bonds is 3. The Morgan fingerprint density at radius 2 is 2.00 bits per heavy atom. The second-order valence-corrected chi connectivity index (χ2v) is 5.66. The molecular weight excluding hydrogens is 314 g/mol. The number of nitrogens with one attached hydrogen (secondary N) is 1. The lowest BCUT2D eigenvalue weighted by Crippen LogP contribution is -2.04. The molecule has 20 heavy (non-hydrogen) atoms. The molecule has 0 aliphatic rings. The second-order valence-electron chi connectivity index (χ2n) is 4.86. The monoisotopic (exact) mass is 329 g/mol. The van der Waals surface area contributed by atoms with Crippen molar-refractivity contribution in [3.63, 3.8) is 0 Å². The average molecular weight is 330 g/mol. The summed E-state index contributed by atoms with van der Waals surface area (Å²) in [6.07, 6.45) is 2.05. The number of imidazole rings is 1. The summed E-state index contributed by atoms with van der Waals surface area (Å²) in [6, 6.07) is 12.3. The van der Waals surface area contributed by atoms with Crippen LogP contribution in [0.5, 0.6) is 0 Å². The van der Waals surface area contributed by atoms with Crippen molar-refractivity contribution < 1.29 is 0 Å². The van der Waals surface area contributed by atoms with Gasteiger partial charge in [0.05, 0.1) is 17.9 Å². The third-order valence-corrected chi connectivity index (χ3v) is 4.52. The maximum atomic E-state index is 4.58. The molecule has 0 amide bonds. The van der Waals surface area contributed by atoms with Gasteiger partial charge in [0.25, 0.3) is 0 Å². The molecule has 0 fully saturated rings. The van der Waals surface area contributed by atoms with Crippen LogP contribution in [-0.4, -0.2) is 9.38 Å². The highest BCUT2D eigenvalue weighted by molar-refractivity contribution is 9.10. The maximum absolute atomic E-state index is 4.58. The second kappa shape index (κ2) is 5.29. The van der Waals surface area contributed by atoms with Crippen molar-refractivity contribution in [1.82, 2.24) is 9.38 Å². The SMILES string of the molecule is Cc1cccc(NCc2c(C)nc3ccccn23)c1Br. The number of nitrogens with zero attached hydrogens (tertiary/aromatic N) is 2. The van der Waals surface area contributed by atoms with Crippen LogP contribution >= 0.6 is 15.9 Å². The minimum atomic E-state index is 0.749. The zero-order chi connectivity index (χ0) is 14.1. The van der Waals surface area contributed by atoms with Gasteiger partial charge in [-0.15, -0.1) is 0 Å². The molecule has 0 radical (unpaired) electrons. The largest absolute Gasteiger partial charge is 0.378 e. The first-order valence-electron chi connectivity index (χ1n) is 6.58. The van der Waals surface area contributed by atoms with Crippen LogP contribution in [0.15, 0.2) is 47.1 Å². The summed E-state index contributed by atoms with van der Waals surface area (Å²) < 4.78 is 3.25. The predicted molar refractivity (Wildman–Crippen MR) is 86.1 cm³/mol. The summed E-state index contributed by atoms with van der Waals surface area (Å²) in [6.45, 7) is 4.89. The molecule has 3 nitrogen and oxygen atoms in total. The zero-order valence-electron chi connectivity index (χ0n) is 11.5. The minimum absolute atomic E-state index is 0.749. The Morgan fingerprint density at radius 1 is 1.15 bits per heavy atom. The van der Waals surface area contributed by atoms with E-state index in [1.54, 1.807) is 0 Å². The fourth-order valence-corrected chi connectivity index (χ4v) is 2.74. The molecule has 102 valence electrons. The first-order valence-corrected chi connectivity index (χ1v) is 7.37. The summed E-state index contributed by atoms with van der Waals surface area (Å²) in [5.74, 6) is 0. The summed E-state index contributed by atoms with van der Waals surface area (Å²) in [4.78, 5) is 4.58. The Kier molecular flexibility index (Phi) is 3.49. The molecule has 0 spiro atoms. The minimum Gasteiger partial charge on any atom is -0.378 e. The third kappa shape index (κ3) is 2.31. The molecule has 0 aliphatic heterocycles. The Bertz CT molecular complexity index is 762. The van der Waals surface area contributed by atoms with Gasteiger partial charge < -0.3 is 9.72 Å². The van der Waals surface area contributed by atoms with Crippen molar-refractivity contribution in [3.05, 3.63) is 64.0 Å². The Balaban J connectivity index is 1.90. The molecule has 2 aromatic heterocycles. The molecule has 0 saturated carbocycles. The Hall–Kier alpha value is -1.81. The van der Waals surface area contributed by atoms with Gasteiger partial charge in [0.15, 0.2) is 0 Å². The van der Waals surface area contributed by atoms with Crippen molar-refractivity contribution >= 4 is 27.3 Å². The highest BCUT2D eigenvalue weighted by Crippen LogP contribution is 2.26. The van der Waals surface area contributed by atoms with Gasteiger partial charge in [0.1, 0.15) is 5.65 Å². The van der Waals surface area contributed by atoms with Gasteiger partial charge in [-0.05, 0) is 53.5 Å². The highest BCUT2D eigenvalue weighted by atomic mass is 79.9. The number of aryl methyl sites for hydroxylation is 2. The van der Waals surface area contributed by atoms with Gasteiger partial charge in [0, 0.05) is 16.4 Å². The molecule has 3 rings (SSSR count). The number of anilines is 1. The van der Waals surface area contributed by atoms with Crippen LogP contribution in [0.2, 0.25) is 0 Å². The van der Waals surface area contributed by atoms with Crippen molar-refractivity contribution in [2.45, 2.75) is 20.4 Å². The van der Waals surface area contributed by atoms with Crippen molar-refractivity contribution in [3.8, 4) is 0 Å². The predicted octanol–water partition coefficient (Wildman–Crippen LogP) is 4.33. The van der Waals surface area contributed by atoms with Crippen LogP contribution in [0.1, 0.15) is 17.0 Å². The van der Waals surface area contributed by atoms with E-state index < -0.39 is 0 Å². The van der Waals surface area contributed by atoms with Gasteiger partial charge in [-0.1, -0.05) is 18.2 Å². The smallest absolute Gasteiger partial charge is 0.137 e. The van der Waals surface area contributed by atoms with Crippen LogP contribution in [0.4, 0.5) is 5.69 Å². The lowest BCUT2D eigenvalue weighted by molar-refractivity contribution is 0.985. The standard InChI is InChI=1S/C16H16BrN3/c1-11-6-5-7-13(16(11)17)18-10-14-12(2)19-15-8-3-4-9-20(14)15/h3-9,18H,10H2,1-2H3. The van der Waals surface area contributed by atoms with Crippen molar-refractivity contribution in [2.75, 3.05) is 5.32 Å². The maximum Gasteiger partial charge on any atom is 0.137 e. The van der Waals surface area contributed by atoms with Crippen molar-refractivity contribution in [1.29, 1.82) is 0 Å². The third-order valence-electron chi connectivity index (χ3n) is 3.47. The van der Waals surface area contributed by atoms with Crippen LogP contribution in [-0.2, 0) is 6.54 Å².